The zero-order valence-electron chi connectivity index (χ0n) is 16.7. The lowest BCUT2D eigenvalue weighted by Gasteiger charge is -2.23. The molecule has 0 aliphatic heterocycles. The highest BCUT2D eigenvalue weighted by atomic mass is 16.5. The molecule has 3 rings (SSSR count). The van der Waals surface area contributed by atoms with Crippen LogP contribution in [0.3, 0.4) is 0 Å². The average Bonchev–Trinajstić information content (AvgIpc) is 2.79. The molecule has 0 saturated carbocycles. The Bertz CT molecular complexity index is 828. The zero-order chi connectivity index (χ0) is 20.3. The zero-order valence-corrected chi connectivity index (χ0v) is 16.7. The van der Waals surface area contributed by atoms with Crippen LogP contribution in [-0.4, -0.2) is 31.2 Å². The molecule has 1 aromatic heterocycles. The van der Waals surface area contributed by atoms with Gasteiger partial charge in [0.15, 0.2) is 0 Å². The Labute approximate surface area is 171 Å². The number of esters is 1. The predicted octanol–water partition coefficient (Wildman–Crippen LogP) is 4.79. The molecular formula is C24H26N2O3. The maximum Gasteiger partial charge on any atom is 0.305 e. The van der Waals surface area contributed by atoms with Gasteiger partial charge >= 0.3 is 5.97 Å². The summed E-state index contributed by atoms with van der Waals surface area (Å²) in [5.41, 5.74) is 2.26. The average molecular weight is 390 g/mol. The monoisotopic (exact) mass is 390 g/mol. The van der Waals surface area contributed by atoms with Crippen molar-refractivity contribution < 1.29 is 14.3 Å². The van der Waals surface area contributed by atoms with Gasteiger partial charge in [0.2, 0.25) is 0 Å². The van der Waals surface area contributed by atoms with Crippen LogP contribution in [0, 0.1) is 0 Å². The van der Waals surface area contributed by atoms with E-state index in [2.05, 4.69) is 26.8 Å². The van der Waals surface area contributed by atoms with Gasteiger partial charge in [-0.15, -0.1) is 0 Å². The Kier molecular flexibility index (Phi) is 7.63. The Morgan fingerprint density at radius 3 is 2.41 bits per heavy atom. The first kappa shape index (κ1) is 20.4. The van der Waals surface area contributed by atoms with E-state index in [0.717, 1.165) is 30.1 Å². The molecule has 5 heteroatoms. The standard InChI is InChI=1S/C24H26N2O3/c1-28-24(27)12-7-8-20-13-15-22(16-14-20)29-19-18-26(21-9-3-2-4-10-21)23-11-5-6-17-25-23/h2-6,9-11,13-17H,7-8,12,18-19H2,1H3. The van der Waals surface area contributed by atoms with E-state index in [0.29, 0.717) is 19.6 Å². The number of nitrogens with zero attached hydrogens (tertiary/aromatic N) is 2. The smallest absolute Gasteiger partial charge is 0.305 e. The van der Waals surface area contributed by atoms with Crippen molar-refractivity contribution in [3.63, 3.8) is 0 Å². The number of methoxy groups -OCH3 is 1. The fourth-order valence-electron chi connectivity index (χ4n) is 3.04. The van der Waals surface area contributed by atoms with Crippen molar-refractivity contribution in [1.29, 1.82) is 0 Å². The third-order valence-electron chi connectivity index (χ3n) is 4.57. The second kappa shape index (κ2) is 10.9. The molecule has 0 atom stereocenters. The number of hydrogen-bond acceptors (Lipinski definition) is 5. The molecule has 1 heterocycles. The Balaban J connectivity index is 1.54. The van der Waals surface area contributed by atoms with Gasteiger partial charge in [0, 0.05) is 18.3 Å². The van der Waals surface area contributed by atoms with Gasteiger partial charge < -0.3 is 14.4 Å². The van der Waals surface area contributed by atoms with Crippen LogP contribution in [0.15, 0.2) is 79.0 Å². The Morgan fingerprint density at radius 2 is 1.72 bits per heavy atom. The molecule has 29 heavy (non-hydrogen) atoms. The molecule has 0 aliphatic carbocycles. The SMILES string of the molecule is COC(=O)CCCc1ccc(OCCN(c2ccccc2)c2ccccn2)cc1. The van der Waals surface area contributed by atoms with Gasteiger partial charge in [0.05, 0.1) is 13.7 Å². The summed E-state index contributed by atoms with van der Waals surface area (Å²) in [7, 11) is 1.42. The fourth-order valence-corrected chi connectivity index (χ4v) is 3.04. The number of rotatable bonds is 10. The van der Waals surface area contributed by atoms with Crippen molar-refractivity contribution in [2.75, 3.05) is 25.2 Å². The minimum absolute atomic E-state index is 0.166. The summed E-state index contributed by atoms with van der Waals surface area (Å²) in [6.07, 6.45) is 3.86. The summed E-state index contributed by atoms with van der Waals surface area (Å²) in [4.78, 5) is 17.8. The molecule has 0 amide bonds. The molecule has 0 radical (unpaired) electrons. The number of aromatic nitrogens is 1. The number of hydrogen-bond donors (Lipinski definition) is 0. The maximum atomic E-state index is 11.2. The number of aryl methyl sites for hydroxylation is 1. The summed E-state index contributed by atoms with van der Waals surface area (Å²) in [6.45, 7) is 1.22. The summed E-state index contributed by atoms with van der Waals surface area (Å²) in [5, 5.41) is 0. The first-order valence-corrected chi connectivity index (χ1v) is 9.78. The molecule has 3 aromatic rings. The van der Waals surface area contributed by atoms with Crippen LogP contribution in [-0.2, 0) is 16.0 Å². The lowest BCUT2D eigenvalue weighted by molar-refractivity contribution is -0.140. The first-order chi connectivity index (χ1) is 14.3. The van der Waals surface area contributed by atoms with Crippen LogP contribution in [0.1, 0.15) is 18.4 Å². The summed E-state index contributed by atoms with van der Waals surface area (Å²) in [5.74, 6) is 1.56. The number of carbonyl (C=O) groups excluding carboxylic acids is 1. The highest BCUT2D eigenvalue weighted by Crippen LogP contribution is 2.22. The van der Waals surface area contributed by atoms with Crippen LogP contribution >= 0.6 is 0 Å². The number of pyridine rings is 1. The molecule has 150 valence electrons. The van der Waals surface area contributed by atoms with Gasteiger partial charge in [-0.05, 0) is 54.8 Å². The highest BCUT2D eigenvalue weighted by Gasteiger charge is 2.10. The lowest BCUT2D eigenvalue weighted by Crippen LogP contribution is -2.24. The fraction of sp³-hybridized carbons (Fsp3) is 0.250. The van der Waals surface area contributed by atoms with Crippen LogP contribution in [0.2, 0.25) is 0 Å². The van der Waals surface area contributed by atoms with Crippen LogP contribution < -0.4 is 9.64 Å². The molecule has 0 saturated heterocycles. The predicted molar refractivity (Wildman–Crippen MR) is 115 cm³/mol. The van der Waals surface area contributed by atoms with E-state index in [-0.39, 0.29) is 5.97 Å². The summed E-state index contributed by atoms with van der Waals surface area (Å²) in [6, 6.07) is 24.1. The summed E-state index contributed by atoms with van der Waals surface area (Å²) >= 11 is 0. The first-order valence-electron chi connectivity index (χ1n) is 9.78. The molecular weight excluding hydrogens is 364 g/mol. The molecule has 0 fully saturated rings. The lowest BCUT2D eigenvalue weighted by atomic mass is 10.1. The van der Waals surface area contributed by atoms with Gasteiger partial charge in [0.1, 0.15) is 18.2 Å². The van der Waals surface area contributed by atoms with Crippen molar-refractivity contribution in [3.05, 3.63) is 84.6 Å². The third kappa shape index (κ3) is 6.35. The largest absolute Gasteiger partial charge is 0.492 e. The molecule has 0 aliphatic rings. The maximum absolute atomic E-state index is 11.2. The highest BCUT2D eigenvalue weighted by molar-refractivity contribution is 5.69. The minimum atomic E-state index is -0.166. The van der Waals surface area contributed by atoms with Gasteiger partial charge in [0.25, 0.3) is 0 Å². The second-order valence-electron chi connectivity index (χ2n) is 6.60. The van der Waals surface area contributed by atoms with Gasteiger partial charge in [-0.3, -0.25) is 4.79 Å². The molecule has 0 spiro atoms. The van der Waals surface area contributed by atoms with Crippen molar-refractivity contribution in [2.24, 2.45) is 0 Å². The Morgan fingerprint density at radius 1 is 0.966 bits per heavy atom. The van der Waals surface area contributed by atoms with Gasteiger partial charge in [-0.1, -0.05) is 36.4 Å². The van der Waals surface area contributed by atoms with E-state index in [1.165, 1.54) is 12.7 Å². The van der Waals surface area contributed by atoms with Crippen molar-refractivity contribution in [1.82, 2.24) is 4.98 Å². The minimum Gasteiger partial charge on any atom is -0.492 e. The van der Waals surface area contributed by atoms with E-state index in [1.807, 2.05) is 60.7 Å². The van der Waals surface area contributed by atoms with E-state index >= 15 is 0 Å². The second-order valence-corrected chi connectivity index (χ2v) is 6.60. The number of para-hydroxylation sites is 1. The molecule has 2 aromatic carbocycles. The van der Waals surface area contributed by atoms with E-state index < -0.39 is 0 Å². The van der Waals surface area contributed by atoms with Crippen molar-refractivity contribution in [3.8, 4) is 5.75 Å². The molecule has 0 bridgehead atoms. The van der Waals surface area contributed by atoms with Crippen molar-refractivity contribution in [2.45, 2.75) is 19.3 Å². The molecule has 5 nitrogen and oxygen atoms in total. The van der Waals surface area contributed by atoms with Crippen LogP contribution in [0.25, 0.3) is 0 Å². The van der Waals surface area contributed by atoms with E-state index in [4.69, 9.17) is 4.74 Å². The number of benzene rings is 2. The van der Waals surface area contributed by atoms with Crippen molar-refractivity contribution >= 4 is 17.5 Å². The number of carbonyl (C=O) groups is 1. The number of ether oxygens (including phenoxy) is 2. The van der Waals surface area contributed by atoms with Crippen LogP contribution in [0.4, 0.5) is 11.5 Å². The van der Waals surface area contributed by atoms with Gasteiger partial charge in [-0.25, -0.2) is 4.98 Å². The van der Waals surface area contributed by atoms with E-state index in [1.54, 1.807) is 6.20 Å². The summed E-state index contributed by atoms with van der Waals surface area (Å²) < 4.78 is 10.6. The van der Waals surface area contributed by atoms with Crippen LogP contribution in [0.5, 0.6) is 5.75 Å². The molecule has 0 N–H and O–H groups in total. The third-order valence-corrected chi connectivity index (χ3v) is 4.57. The number of anilines is 2. The Hall–Kier alpha value is -3.34. The van der Waals surface area contributed by atoms with E-state index in [9.17, 15) is 4.79 Å². The topological polar surface area (TPSA) is 51.7 Å². The quantitative estimate of drug-likeness (QED) is 0.466. The molecule has 0 unspecified atom stereocenters. The van der Waals surface area contributed by atoms with Gasteiger partial charge in [-0.2, -0.15) is 0 Å². The normalized spacial score (nSPS) is 10.4.